The summed E-state index contributed by atoms with van der Waals surface area (Å²) < 4.78 is 10.8. The minimum atomic E-state index is 0.0494. The molecule has 1 saturated heterocycles. The molecule has 1 aliphatic heterocycles. The maximum absolute atomic E-state index is 12.4. The summed E-state index contributed by atoms with van der Waals surface area (Å²) in [6.45, 7) is 12.4. The van der Waals surface area contributed by atoms with E-state index in [0.29, 0.717) is 18.9 Å². The normalized spacial score (nSPS) is 15.2. The molecule has 46 heavy (non-hydrogen) atoms. The van der Waals surface area contributed by atoms with Crippen LogP contribution < -0.4 is 0 Å². The Morgan fingerprint density at radius 2 is 0.957 bits per heavy atom. The fraction of sp³-hybridized carbons (Fsp3) is 0.976. The Bertz CT molecular complexity index is 627. The summed E-state index contributed by atoms with van der Waals surface area (Å²) in [5, 5.41) is 0. The minimum absolute atomic E-state index is 0.0494. The van der Waals surface area contributed by atoms with Gasteiger partial charge in [0.15, 0.2) is 0 Å². The van der Waals surface area contributed by atoms with Crippen LogP contribution in [0.2, 0.25) is 0 Å². The van der Waals surface area contributed by atoms with Crippen molar-refractivity contribution in [1.29, 1.82) is 0 Å². The molecule has 0 aromatic heterocycles. The number of esters is 1. The predicted molar refractivity (Wildman–Crippen MR) is 200 cm³/mol. The molecule has 0 aromatic carbocycles. The van der Waals surface area contributed by atoms with Gasteiger partial charge in [-0.1, -0.05) is 142 Å². The van der Waals surface area contributed by atoms with E-state index in [9.17, 15) is 4.79 Å². The van der Waals surface area contributed by atoms with E-state index in [2.05, 4.69) is 30.7 Å². The van der Waals surface area contributed by atoms with E-state index in [-0.39, 0.29) is 5.97 Å². The molecule has 1 aliphatic rings. The van der Waals surface area contributed by atoms with Crippen LogP contribution in [0.25, 0.3) is 0 Å². The van der Waals surface area contributed by atoms with Gasteiger partial charge in [-0.3, -0.25) is 4.79 Å². The summed E-state index contributed by atoms with van der Waals surface area (Å²) in [6, 6.07) is 0. The molecule has 0 radical (unpaired) electrons. The van der Waals surface area contributed by atoms with Gasteiger partial charge in [-0.25, -0.2) is 0 Å². The number of piperazine rings is 1. The second kappa shape index (κ2) is 32.9. The smallest absolute Gasteiger partial charge is 0.306 e. The lowest BCUT2D eigenvalue weighted by atomic mass is 9.92. The fourth-order valence-corrected chi connectivity index (χ4v) is 7.25. The van der Waals surface area contributed by atoms with Gasteiger partial charge in [0, 0.05) is 52.9 Å². The monoisotopic (exact) mass is 651 g/mol. The van der Waals surface area contributed by atoms with Crippen LogP contribution in [0.3, 0.4) is 0 Å². The summed E-state index contributed by atoms with van der Waals surface area (Å²) in [5.41, 5.74) is 0. The molecular weight excluding hydrogens is 568 g/mol. The molecule has 0 aromatic rings. The third-order valence-electron chi connectivity index (χ3n) is 10.5. The number of carbonyl (C=O) groups is 1. The molecule has 1 atom stereocenters. The highest BCUT2D eigenvalue weighted by Gasteiger charge is 2.18. The molecule has 0 N–H and O–H groups in total. The summed E-state index contributed by atoms with van der Waals surface area (Å²) >= 11 is 0. The number of rotatable bonds is 34. The molecular formula is C41H82N2O3. The van der Waals surface area contributed by atoms with Crippen LogP contribution in [0.5, 0.6) is 0 Å². The number of ether oxygens (including phenoxy) is 2. The van der Waals surface area contributed by atoms with Crippen LogP contribution in [-0.4, -0.2) is 75.9 Å². The van der Waals surface area contributed by atoms with E-state index in [1.807, 2.05) is 7.11 Å². The highest BCUT2D eigenvalue weighted by Crippen LogP contribution is 2.23. The van der Waals surface area contributed by atoms with Crippen molar-refractivity contribution in [3.05, 3.63) is 0 Å². The van der Waals surface area contributed by atoms with Gasteiger partial charge < -0.3 is 19.3 Å². The van der Waals surface area contributed by atoms with Crippen LogP contribution in [0.1, 0.15) is 187 Å². The third kappa shape index (κ3) is 27.3. The van der Waals surface area contributed by atoms with Gasteiger partial charge in [0.2, 0.25) is 0 Å². The Morgan fingerprint density at radius 1 is 0.543 bits per heavy atom. The number of unbranched alkanes of at least 4 members (excludes halogenated alkanes) is 18. The van der Waals surface area contributed by atoms with E-state index in [0.717, 1.165) is 18.9 Å². The lowest BCUT2D eigenvalue weighted by Crippen LogP contribution is -2.46. The molecule has 0 amide bonds. The second-order valence-electron chi connectivity index (χ2n) is 15.0. The van der Waals surface area contributed by atoms with Crippen molar-refractivity contribution in [3.8, 4) is 0 Å². The van der Waals surface area contributed by atoms with Gasteiger partial charge in [0.1, 0.15) is 0 Å². The van der Waals surface area contributed by atoms with E-state index in [1.165, 1.54) is 193 Å². The summed E-state index contributed by atoms with van der Waals surface area (Å²) in [4.78, 5) is 17.7. The topological polar surface area (TPSA) is 42.0 Å². The van der Waals surface area contributed by atoms with Crippen LogP contribution in [-0.2, 0) is 14.3 Å². The standard InChI is InChI=1S/C41H82N2O3/c1-5-7-21-27-39(28-22-8-6-2)37-41(44)46-36-26-20-16-12-10-14-18-24-30-40(38-43-33-31-42(3)32-34-43)29-23-17-13-9-11-15-19-25-35-45-4/h39-40H,5-38H2,1-4H3. The van der Waals surface area contributed by atoms with E-state index in [1.54, 1.807) is 0 Å². The Morgan fingerprint density at radius 3 is 1.43 bits per heavy atom. The predicted octanol–water partition coefficient (Wildman–Crippen LogP) is 11.2. The first kappa shape index (κ1) is 43.4. The van der Waals surface area contributed by atoms with Gasteiger partial charge in [-0.05, 0) is 57.4 Å². The zero-order valence-electron chi connectivity index (χ0n) is 31.8. The van der Waals surface area contributed by atoms with Gasteiger partial charge in [-0.15, -0.1) is 0 Å². The molecule has 5 heteroatoms. The molecule has 0 spiro atoms. The molecule has 0 bridgehead atoms. The van der Waals surface area contributed by atoms with Crippen LogP contribution in [0.4, 0.5) is 0 Å². The number of methoxy groups -OCH3 is 1. The van der Waals surface area contributed by atoms with Crippen molar-refractivity contribution < 1.29 is 14.3 Å². The first-order valence-corrected chi connectivity index (χ1v) is 20.6. The summed E-state index contributed by atoms with van der Waals surface area (Å²) in [6.07, 6.45) is 34.9. The lowest BCUT2D eigenvalue weighted by molar-refractivity contribution is -0.145. The molecule has 1 heterocycles. The van der Waals surface area contributed by atoms with Gasteiger partial charge in [0.25, 0.3) is 0 Å². The Hall–Kier alpha value is -0.650. The third-order valence-corrected chi connectivity index (χ3v) is 10.5. The van der Waals surface area contributed by atoms with Crippen molar-refractivity contribution in [3.63, 3.8) is 0 Å². The maximum atomic E-state index is 12.4. The van der Waals surface area contributed by atoms with Crippen LogP contribution >= 0.6 is 0 Å². The average molecular weight is 651 g/mol. The molecule has 0 aliphatic carbocycles. The number of likely N-dealkylation sites (N-methyl/N-ethyl adjacent to an activating group) is 1. The molecule has 1 unspecified atom stereocenters. The molecule has 0 saturated carbocycles. The quantitative estimate of drug-likeness (QED) is 0.0512. The van der Waals surface area contributed by atoms with Crippen LogP contribution in [0.15, 0.2) is 0 Å². The maximum Gasteiger partial charge on any atom is 0.306 e. The van der Waals surface area contributed by atoms with Gasteiger partial charge in [0.05, 0.1) is 6.61 Å². The van der Waals surface area contributed by atoms with Crippen molar-refractivity contribution in [2.45, 2.75) is 187 Å². The first-order valence-electron chi connectivity index (χ1n) is 20.6. The van der Waals surface area contributed by atoms with Gasteiger partial charge in [-0.2, -0.15) is 0 Å². The number of hydrogen-bond acceptors (Lipinski definition) is 5. The largest absolute Gasteiger partial charge is 0.466 e. The molecule has 274 valence electrons. The van der Waals surface area contributed by atoms with Crippen LogP contribution in [0, 0.1) is 11.8 Å². The zero-order valence-corrected chi connectivity index (χ0v) is 31.8. The molecule has 1 rings (SSSR count). The fourth-order valence-electron chi connectivity index (χ4n) is 7.25. The number of hydrogen-bond donors (Lipinski definition) is 0. The minimum Gasteiger partial charge on any atom is -0.466 e. The zero-order chi connectivity index (χ0) is 33.3. The Kier molecular flexibility index (Phi) is 31.0. The second-order valence-corrected chi connectivity index (χ2v) is 15.0. The van der Waals surface area contributed by atoms with Gasteiger partial charge >= 0.3 is 5.97 Å². The van der Waals surface area contributed by atoms with E-state index in [4.69, 9.17) is 9.47 Å². The van der Waals surface area contributed by atoms with E-state index < -0.39 is 0 Å². The average Bonchev–Trinajstić information content (AvgIpc) is 3.05. The number of nitrogens with zero attached hydrogens (tertiary/aromatic N) is 2. The SMILES string of the molecule is CCCCCC(CCCCC)CC(=O)OCCCCCCCCCCC(CCCCCCCCCCOC)CN1CCN(C)CC1. The Labute approximate surface area is 288 Å². The van der Waals surface area contributed by atoms with Crippen molar-refractivity contribution in [1.82, 2.24) is 9.80 Å². The molecule has 5 nitrogen and oxygen atoms in total. The van der Waals surface area contributed by atoms with Crippen molar-refractivity contribution in [2.75, 3.05) is 60.1 Å². The Balaban J connectivity index is 2.11. The van der Waals surface area contributed by atoms with Crippen molar-refractivity contribution >= 4 is 5.97 Å². The number of carbonyl (C=O) groups excluding carboxylic acids is 1. The summed E-state index contributed by atoms with van der Waals surface area (Å²) in [7, 11) is 4.08. The molecule has 1 fully saturated rings. The highest BCUT2D eigenvalue weighted by molar-refractivity contribution is 5.69. The highest BCUT2D eigenvalue weighted by atomic mass is 16.5. The van der Waals surface area contributed by atoms with E-state index >= 15 is 0 Å². The first-order chi connectivity index (χ1) is 22.6. The van der Waals surface area contributed by atoms with Crippen molar-refractivity contribution in [2.24, 2.45) is 11.8 Å². The lowest BCUT2D eigenvalue weighted by Gasteiger charge is -2.34. The summed E-state index contributed by atoms with van der Waals surface area (Å²) in [5.74, 6) is 1.47.